The van der Waals surface area contributed by atoms with Gasteiger partial charge in [0.25, 0.3) is 0 Å². The lowest BCUT2D eigenvalue weighted by Crippen LogP contribution is -2.49. The number of anilines is 1. The van der Waals surface area contributed by atoms with Gasteiger partial charge in [0, 0.05) is 11.4 Å². The van der Waals surface area contributed by atoms with Gasteiger partial charge in [-0.2, -0.15) is 0 Å². The molecule has 2 amide bonds. The number of amides is 2. The second kappa shape index (κ2) is 5.91. The Labute approximate surface area is 111 Å². The molecule has 1 aliphatic rings. The van der Waals surface area contributed by atoms with E-state index < -0.39 is 6.04 Å². The number of para-hydroxylation sites is 1. The molecule has 1 saturated heterocycles. The molecule has 0 aromatic heterocycles. The molecule has 1 atom stereocenters. The van der Waals surface area contributed by atoms with E-state index in [4.69, 9.17) is 0 Å². The average molecular weight is 264 g/mol. The first kappa shape index (κ1) is 13.0. The van der Waals surface area contributed by atoms with E-state index in [9.17, 15) is 9.59 Å². The topological polar surface area (TPSA) is 58.2 Å². The Balaban J connectivity index is 2.04. The Hall–Kier alpha value is -1.49. The first-order chi connectivity index (χ1) is 8.70. The Bertz CT molecular complexity index is 462. The minimum absolute atomic E-state index is 0.0739. The lowest BCUT2D eigenvalue weighted by Gasteiger charge is -2.22. The van der Waals surface area contributed by atoms with Gasteiger partial charge in [-0.05, 0) is 18.1 Å². The van der Waals surface area contributed by atoms with Crippen LogP contribution in [0.2, 0.25) is 0 Å². The summed E-state index contributed by atoms with van der Waals surface area (Å²) >= 11 is 1.49. The highest BCUT2D eigenvalue weighted by atomic mass is 32.2. The van der Waals surface area contributed by atoms with Crippen LogP contribution in [-0.2, 0) is 16.0 Å². The molecule has 1 fully saturated rings. The Morgan fingerprint density at radius 2 is 2.28 bits per heavy atom. The summed E-state index contributed by atoms with van der Waals surface area (Å²) < 4.78 is 0. The minimum Gasteiger partial charge on any atom is -0.343 e. The standard InChI is InChI=1S/C13H16N2O2S/c1-2-9-5-3-4-6-10(9)15-13(17)11-7-18-8-12(16)14-11/h3-6,11H,2,7-8H2,1H3,(H,14,16)(H,15,17). The van der Waals surface area contributed by atoms with Crippen molar-refractivity contribution in [3.05, 3.63) is 29.8 Å². The van der Waals surface area contributed by atoms with Crippen molar-refractivity contribution in [3.63, 3.8) is 0 Å². The third-order valence-corrected chi connectivity index (χ3v) is 3.86. The van der Waals surface area contributed by atoms with Crippen LogP contribution in [0.25, 0.3) is 0 Å². The highest BCUT2D eigenvalue weighted by molar-refractivity contribution is 8.00. The van der Waals surface area contributed by atoms with Crippen molar-refractivity contribution in [3.8, 4) is 0 Å². The van der Waals surface area contributed by atoms with Crippen molar-refractivity contribution in [2.75, 3.05) is 16.8 Å². The normalized spacial score (nSPS) is 19.2. The minimum atomic E-state index is -0.429. The monoisotopic (exact) mass is 264 g/mol. The van der Waals surface area contributed by atoms with Gasteiger partial charge in [-0.15, -0.1) is 11.8 Å². The summed E-state index contributed by atoms with van der Waals surface area (Å²) in [6.45, 7) is 2.04. The molecule has 2 rings (SSSR count). The number of benzene rings is 1. The second-order valence-electron chi connectivity index (χ2n) is 4.14. The van der Waals surface area contributed by atoms with E-state index in [-0.39, 0.29) is 11.8 Å². The molecule has 0 bridgehead atoms. The molecule has 5 heteroatoms. The van der Waals surface area contributed by atoms with Gasteiger partial charge < -0.3 is 10.6 Å². The van der Waals surface area contributed by atoms with Crippen LogP contribution in [-0.4, -0.2) is 29.4 Å². The van der Waals surface area contributed by atoms with Crippen LogP contribution in [0.15, 0.2) is 24.3 Å². The van der Waals surface area contributed by atoms with Crippen LogP contribution in [0.1, 0.15) is 12.5 Å². The molecule has 1 heterocycles. The molecule has 0 radical (unpaired) electrons. The number of rotatable bonds is 3. The predicted molar refractivity (Wildman–Crippen MR) is 73.7 cm³/mol. The van der Waals surface area contributed by atoms with E-state index in [0.29, 0.717) is 11.5 Å². The predicted octanol–water partition coefficient (Wildman–Crippen LogP) is 1.42. The summed E-state index contributed by atoms with van der Waals surface area (Å²) in [4.78, 5) is 23.3. The zero-order valence-electron chi connectivity index (χ0n) is 10.2. The molecule has 96 valence electrons. The van der Waals surface area contributed by atoms with Crippen LogP contribution in [0.5, 0.6) is 0 Å². The lowest BCUT2D eigenvalue weighted by molar-refractivity contribution is -0.124. The average Bonchev–Trinajstić information content (AvgIpc) is 2.39. The van der Waals surface area contributed by atoms with Crippen molar-refractivity contribution >= 4 is 29.3 Å². The summed E-state index contributed by atoms with van der Waals surface area (Å²) in [6, 6.07) is 7.29. The summed E-state index contributed by atoms with van der Waals surface area (Å²) in [5, 5.41) is 5.59. The van der Waals surface area contributed by atoms with Gasteiger partial charge in [0.2, 0.25) is 11.8 Å². The van der Waals surface area contributed by atoms with Gasteiger partial charge >= 0.3 is 0 Å². The highest BCUT2D eigenvalue weighted by Gasteiger charge is 2.25. The van der Waals surface area contributed by atoms with Crippen molar-refractivity contribution in [1.82, 2.24) is 5.32 Å². The highest BCUT2D eigenvalue weighted by Crippen LogP contribution is 2.17. The van der Waals surface area contributed by atoms with Crippen LogP contribution in [0.4, 0.5) is 5.69 Å². The number of aryl methyl sites for hydroxylation is 1. The maximum atomic E-state index is 12.0. The summed E-state index contributed by atoms with van der Waals surface area (Å²) in [6.07, 6.45) is 0.863. The maximum Gasteiger partial charge on any atom is 0.247 e. The number of thioether (sulfide) groups is 1. The van der Waals surface area contributed by atoms with Crippen molar-refractivity contribution < 1.29 is 9.59 Å². The Morgan fingerprint density at radius 1 is 1.50 bits per heavy atom. The zero-order chi connectivity index (χ0) is 13.0. The fourth-order valence-corrected chi connectivity index (χ4v) is 2.72. The molecule has 4 nitrogen and oxygen atoms in total. The number of hydrogen-bond acceptors (Lipinski definition) is 3. The molecule has 18 heavy (non-hydrogen) atoms. The van der Waals surface area contributed by atoms with Crippen molar-refractivity contribution in [2.24, 2.45) is 0 Å². The van der Waals surface area contributed by atoms with Crippen molar-refractivity contribution in [2.45, 2.75) is 19.4 Å². The molecule has 1 aliphatic heterocycles. The fraction of sp³-hybridized carbons (Fsp3) is 0.385. The van der Waals surface area contributed by atoms with Crippen molar-refractivity contribution in [1.29, 1.82) is 0 Å². The molecule has 0 spiro atoms. The number of hydrogen-bond donors (Lipinski definition) is 2. The van der Waals surface area contributed by atoms with Crippen LogP contribution in [0.3, 0.4) is 0 Å². The first-order valence-electron chi connectivity index (χ1n) is 5.96. The molecule has 1 aromatic carbocycles. The van der Waals surface area contributed by atoms with Crippen LogP contribution < -0.4 is 10.6 Å². The van der Waals surface area contributed by atoms with E-state index in [2.05, 4.69) is 10.6 Å². The third kappa shape index (κ3) is 3.04. The molecule has 0 aliphatic carbocycles. The van der Waals surface area contributed by atoms with Gasteiger partial charge in [-0.1, -0.05) is 25.1 Å². The van der Waals surface area contributed by atoms with E-state index in [1.165, 1.54) is 11.8 Å². The second-order valence-corrected chi connectivity index (χ2v) is 5.17. The quantitative estimate of drug-likeness (QED) is 0.868. The molecule has 2 N–H and O–H groups in total. The molecule has 1 aromatic rings. The summed E-state index contributed by atoms with van der Waals surface area (Å²) in [5.74, 6) is 0.855. The molecule has 0 saturated carbocycles. The van der Waals surface area contributed by atoms with Gasteiger partial charge in [0.05, 0.1) is 5.75 Å². The van der Waals surface area contributed by atoms with Gasteiger partial charge in [0.15, 0.2) is 0 Å². The van der Waals surface area contributed by atoms with Crippen LogP contribution in [0, 0.1) is 0 Å². The van der Waals surface area contributed by atoms with Gasteiger partial charge in [-0.3, -0.25) is 9.59 Å². The van der Waals surface area contributed by atoms with Gasteiger partial charge in [-0.25, -0.2) is 0 Å². The van der Waals surface area contributed by atoms with Crippen LogP contribution >= 0.6 is 11.8 Å². The molecule has 1 unspecified atom stereocenters. The SMILES string of the molecule is CCc1ccccc1NC(=O)C1CSCC(=O)N1. The number of carbonyl (C=O) groups excluding carboxylic acids is 2. The molecular weight excluding hydrogens is 248 g/mol. The van der Waals surface area contributed by atoms with E-state index >= 15 is 0 Å². The van der Waals surface area contributed by atoms with E-state index in [0.717, 1.165) is 17.7 Å². The Morgan fingerprint density at radius 3 is 3.00 bits per heavy atom. The van der Waals surface area contributed by atoms with E-state index in [1.54, 1.807) is 0 Å². The molecular formula is C13H16N2O2S. The van der Waals surface area contributed by atoms with E-state index in [1.807, 2.05) is 31.2 Å². The smallest absolute Gasteiger partial charge is 0.247 e. The van der Waals surface area contributed by atoms with Gasteiger partial charge in [0.1, 0.15) is 6.04 Å². The number of carbonyl (C=O) groups is 2. The lowest BCUT2D eigenvalue weighted by atomic mass is 10.1. The number of nitrogens with one attached hydrogen (secondary N) is 2. The Kier molecular flexibility index (Phi) is 4.25. The largest absolute Gasteiger partial charge is 0.343 e. The first-order valence-corrected chi connectivity index (χ1v) is 7.12. The summed E-state index contributed by atoms with van der Waals surface area (Å²) in [7, 11) is 0. The fourth-order valence-electron chi connectivity index (χ4n) is 1.86. The maximum absolute atomic E-state index is 12.0. The zero-order valence-corrected chi connectivity index (χ0v) is 11.0. The third-order valence-electron chi connectivity index (χ3n) is 2.83. The summed E-state index contributed by atoms with van der Waals surface area (Å²) in [5.41, 5.74) is 1.93.